The molecule has 366 valence electrons. The topological polar surface area (TPSA) is 239 Å². The van der Waals surface area contributed by atoms with E-state index in [2.05, 4.69) is 76.8 Å². The lowest BCUT2D eigenvalue weighted by Crippen LogP contribution is -2.20. The van der Waals surface area contributed by atoms with Gasteiger partial charge in [0.1, 0.15) is 0 Å². The Morgan fingerprint density at radius 1 is 0.375 bits per heavy atom. The van der Waals surface area contributed by atoms with E-state index in [0.717, 1.165) is 30.3 Å². The zero-order chi connectivity index (χ0) is 51.5. The van der Waals surface area contributed by atoms with Crippen LogP contribution in [0.15, 0.2) is 147 Å². The monoisotopic (exact) mass is 999 g/mol. The van der Waals surface area contributed by atoms with E-state index in [1.807, 2.05) is 0 Å². The number of fused-ring (bicyclic) bond motifs is 3. The van der Waals surface area contributed by atoms with Crippen molar-refractivity contribution in [3.8, 4) is 0 Å². The van der Waals surface area contributed by atoms with E-state index in [9.17, 15) is 53.9 Å². The number of carbonyl (C=O) groups is 3. The molecule has 6 aromatic heterocycles. The lowest BCUT2D eigenvalue weighted by molar-refractivity contribution is -0.138. The van der Waals surface area contributed by atoms with Crippen molar-refractivity contribution in [1.82, 2.24) is 44.9 Å². The number of urea groups is 3. The van der Waals surface area contributed by atoms with Gasteiger partial charge in [-0.15, -0.1) is 0 Å². The average molecular weight is 1000 g/mol. The highest BCUT2D eigenvalue weighted by atomic mass is 19.4. The van der Waals surface area contributed by atoms with Gasteiger partial charge >= 0.3 is 36.6 Å². The SMILES string of the molecule is O=C(Nc1cnccn1)Nc1ccnc2c(C(F)(F)F)cccc12.O=C(Nc1cnccn1)Nc1ccnc2cc(C(F)(F)F)ccc12.O=C(Nc1cnccn1)Nc1ccnc2ccc(C(F)(F)F)cc12. The van der Waals surface area contributed by atoms with Crippen molar-refractivity contribution in [2.24, 2.45) is 0 Å². The van der Waals surface area contributed by atoms with Crippen LogP contribution >= 0.6 is 0 Å². The zero-order valence-corrected chi connectivity index (χ0v) is 36.0. The second kappa shape index (κ2) is 21.7. The first-order chi connectivity index (χ1) is 34.3. The van der Waals surface area contributed by atoms with Crippen LogP contribution in [-0.4, -0.2) is 62.9 Å². The summed E-state index contributed by atoms with van der Waals surface area (Å²) in [5.41, 5.74) is -1.53. The minimum Gasteiger partial charge on any atom is -0.307 e. The van der Waals surface area contributed by atoms with Crippen LogP contribution in [0.4, 0.5) is 88.4 Å². The number of hydrogen-bond acceptors (Lipinski definition) is 12. The summed E-state index contributed by atoms with van der Waals surface area (Å²) in [6, 6.07) is 12.4. The van der Waals surface area contributed by atoms with Gasteiger partial charge < -0.3 is 16.0 Å². The molecule has 0 radical (unpaired) electrons. The fraction of sp³-hybridized carbons (Fsp3) is 0.0667. The van der Waals surface area contributed by atoms with Gasteiger partial charge in [0.2, 0.25) is 0 Å². The van der Waals surface area contributed by atoms with Gasteiger partial charge in [-0.25, -0.2) is 29.3 Å². The van der Waals surface area contributed by atoms with Gasteiger partial charge in [-0.3, -0.25) is 45.9 Å². The van der Waals surface area contributed by atoms with Gasteiger partial charge in [-0.2, -0.15) is 39.5 Å². The first kappa shape index (κ1) is 50.2. The molecule has 72 heavy (non-hydrogen) atoms. The maximum Gasteiger partial charge on any atom is 0.418 e. The summed E-state index contributed by atoms with van der Waals surface area (Å²) in [5.74, 6) is 0.668. The Balaban J connectivity index is 0.000000158. The Morgan fingerprint density at radius 2 is 0.819 bits per heavy atom. The van der Waals surface area contributed by atoms with Crippen LogP contribution in [0.1, 0.15) is 16.7 Å². The van der Waals surface area contributed by atoms with Gasteiger partial charge in [0, 0.05) is 71.9 Å². The highest BCUT2D eigenvalue weighted by Gasteiger charge is 2.34. The molecule has 6 N–H and O–H groups in total. The molecule has 0 aliphatic heterocycles. The number of nitrogens with one attached hydrogen (secondary N) is 6. The lowest BCUT2D eigenvalue weighted by atomic mass is 10.1. The van der Waals surface area contributed by atoms with E-state index >= 15 is 0 Å². The molecule has 0 atom stereocenters. The van der Waals surface area contributed by atoms with Crippen LogP contribution in [0, 0.1) is 0 Å². The van der Waals surface area contributed by atoms with Gasteiger partial charge in [0.15, 0.2) is 17.5 Å². The first-order valence-electron chi connectivity index (χ1n) is 20.2. The lowest BCUT2D eigenvalue weighted by Gasteiger charge is -2.13. The summed E-state index contributed by atoms with van der Waals surface area (Å²) in [6.07, 6.45) is 3.03. The molecule has 0 aliphatic carbocycles. The van der Waals surface area contributed by atoms with Crippen LogP contribution in [-0.2, 0) is 18.5 Å². The van der Waals surface area contributed by atoms with Crippen molar-refractivity contribution in [1.29, 1.82) is 0 Å². The van der Waals surface area contributed by atoms with Crippen LogP contribution in [0.2, 0.25) is 0 Å². The van der Waals surface area contributed by atoms with E-state index in [1.54, 1.807) is 0 Å². The van der Waals surface area contributed by atoms with Gasteiger partial charge in [0.25, 0.3) is 0 Å². The zero-order valence-electron chi connectivity index (χ0n) is 36.0. The van der Waals surface area contributed by atoms with Crippen molar-refractivity contribution < 1.29 is 53.9 Å². The van der Waals surface area contributed by atoms with E-state index in [0.29, 0.717) is 16.6 Å². The predicted octanol–water partition coefficient (Wildman–Crippen LogP) is 11.1. The molecule has 27 heteroatoms. The summed E-state index contributed by atoms with van der Waals surface area (Å²) in [5, 5.41) is 15.6. The molecule has 0 bridgehead atoms. The molecule has 6 amide bonds. The van der Waals surface area contributed by atoms with E-state index in [-0.39, 0.29) is 50.6 Å². The summed E-state index contributed by atoms with van der Waals surface area (Å²) >= 11 is 0. The van der Waals surface area contributed by atoms with Crippen LogP contribution < -0.4 is 31.9 Å². The highest BCUT2D eigenvalue weighted by molar-refractivity contribution is 6.07. The van der Waals surface area contributed by atoms with Gasteiger partial charge in [-0.1, -0.05) is 18.2 Å². The number of benzene rings is 3. The van der Waals surface area contributed by atoms with Crippen LogP contribution in [0.25, 0.3) is 32.7 Å². The van der Waals surface area contributed by atoms with E-state index in [1.165, 1.54) is 117 Å². The number of anilines is 6. The maximum atomic E-state index is 13.0. The van der Waals surface area contributed by atoms with E-state index < -0.39 is 53.3 Å². The molecule has 18 nitrogen and oxygen atoms in total. The molecule has 0 fully saturated rings. The highest BCUT2D eigenvalue weighted by Crippen LogP contribution is 2.37. The Kier molecular flexibility index (Phi) is 15.1. The average Bonchev–Trinajstić information content (AvgIpc) is 3.34. The molecule has 0 aliphatic rings. The Hall–Kier alpha value is -9.69. The standard InChI is InChI=1S/3C15H10F3N5O/c16-15(17,18)9-1-2-11-10(7-9)12(3-4-20-11)22-14(24)23-13-8-19-5-6-21-13;16-15(17,18)9-1-2-10-11(3-4-20-12(10)7-9)22-14(24)23-13-8-19-5-6-21-13;16-15(17,18)10-3-1-2-9-11(4-5-21-13(9)10)22-14(24)23-12-8-19-6-7-20-12/h3*1-8H,(H2,20,21,22,23,24). The Morgan fingerprint density at radius 3 is 1.29 bits per heavy atom. The molecule has 9 aromatic rings. The number of pyridine rings is 3. The Bertz CT molecular complexity index is 3290. The molecule has 0 unspecified atom stereocenters. The minimum atomic E-state index is -4.53. The number of rotatable bonds is 6. The predicted molar refractivity (Wildman–Crippen MR) is 244 cm³/mol. The molecular weight excluding hydrogens is 970 g/mol. The van der Waals surface area contributed by atoms with Crippen molar-refractivity contribution in [3.05, 3.63) is 164 Å². The molecule has 3 aromatic carbocycles. The quantitative estimate of drug-likeness (QED) is 0.0853. The number of alkyl halides is 9. The van der Waals surface area contributed by atoms with Crippen molar-refractivity contribution in [2.45, 2.75) is 18.5 Å². The van der Waals surface area contributed by atoms with Gasteiger partial charge in [0.05, 0.1) is 68.9 Å². The second-order valence-corrected chi connectivity index (χ2v) is 14.2. The summed E-state index contributed by atoms with van der Waals surface area (Å²) in [4.78, 5) is 70.6. The summed E-state index contributed by atoms with van der Waals surface area (Å²) in [6.45, 7) is 0. The smallest absolute Gasteiger partial charge is 0.307 e. The molecule has 0 spiro atoms. The van der Waals surface area contributed by atoms with Gasteiger partial charge in [-0.05, 0) is 54.6 Å². The van der Waals surface area contributed by atoms with Crippen molar-refractivity contribution >= 4 is 85.3 Å². The fourth-order valence-electron chi connectivity index (χ4n) is 6.28. The van der Waals surface area contributed by atoms with Crippen LogP contribution in [0.3, 0.4) is 0 Å². The third kappa shape index (κ3) is 13.3. The fourth-order valence-corrected chi connectivity index (χ4v) is 6.28. The molecule has 0 saturated carbocycles. The number of hydrogen-bond donors (Lipinski definition) is 6. The molecule has 6 heterocycles. The van der Waals surface area contributed by atoms with Crippen LogP contribution in [0.5, 0.6) is 0 Å². The largest absolute Gasteiger partial charge is 0.418 e. The number of aromatic nitrogens is 9. The van der Waals surface area contributed by atoms with E-state index in [4.69, 9.17) is 0 Å². The summed E-state index contributed by atoms with van der Waals surface area (Å²) < 4.78 is 116. The number of nitrogens with zero attached hydrogens (tertiary/aromatic N) is 9. The Labute approximate surface area is 397 Å². The van der Waals surface area contributed by atoms with Crippen molar-refractivity contribution in [3.63, 3.8) is 0 Å². The first-order valence-corrected chi connectivity index (χ1v) is 20.2. The second-order valence-electron chi connectivity index (χ2n) is 14.2. The minimum absolute atomic E-state index is 0.127. The normalized spacial score (nSPS) is 11.3. The van der Waals surface area contributed by atoms with Crippen molar-refractivity contribution in [2.75, 3.05) is 31.9 Å². The number of carbonyl (C=O) groups excluding carboxylic acids is 3. The maximum absolute atomic E-state index is 13.0. The number of amides is 6. The molecular formula is C45H30F9N15O3. The summed E-state index contributed by atoms with van der Waals surface area (Å²) in [7, 11) is 0. The number of halogens is 9. The molecule has 9 rings (SSSR count). The molecule has 0 saturated heterocycles. The third-order valence-corrected chi connectivity index (χ3v) is 9.37. The number of para-hydroxylation sites is 1. The third-order valence-electron chi connectivity index (χ3n) is 9.37.